The average Bonchev–Trinajstić information content (AvgIpc) is 3.13. The highest BCUT2D eigenvalue weighted by Crippen LogP contribution is 2.31. The molecule has 4 rings (SSSR count). The molecule has 4 nitrogen and oxygen atoms in total. The molecule has 0 unspecified atom stereocenters. The fraction of sp³-hybridized carbons (Fsp3) is 0.400. The van der Waals surface area contributed by atoms with Gasteiger partial charge in [0.05, 0.1) is 6.26 Å². The third kappa shape index (κ3) is 1.83. The summed E-state index contributed by atoms with van der Waals surface area (Å²) < 4.78 is 5.34. The second-order valence-corrected chi connectivity index (χ2v) is 5.59. The normalized spacial score (nSPS) is 28.9. The van der Waals surface area contributed by atoms with Crippen LogP contribution >= 0.6 is 0 Å². The van der Waals surface area contributed by atoms with Crippen LogP contribution in [-0.4, -0.2) is 24.5 Å². The molecule has 1 amide bonds. The Hall–Kier alpha value is -1.81. The van der Waals surface area contributed by atoms with Crippen molar-refractivity contribution < 1.29 is 9.21 Å². The van der Waals surface area contributed by atoms with E-state index in [0.717, 1.165) is 23.9 Å². The van der Waals surface area contributed by atoms with Crippen molar-refractivity contribution >= 4 is 16.9 Å². The lowest BCUT2D eigenvalue weighted by atomic mass is 10.0. The van der Waals surface area contributed by atoms with Crippen molar-refractivity contribution in [3.05, 3.63) is 36.1 Å². The summed E-state index contributed by atoms with van der Waals surface area (Å²) in [6, 6.07) is 8.43. The average molecular weight is 256 g/mol. The molecule has 19 heavy (non-hydrogen) atoms. The number of amides is 1. The van der Waals surface area contributed by atoms with Gasteiger partial charge in [0.1, 0.15) is 5.58 Å². The third-order valence-electron chi connectivity index (χ3n) is 4.40. The van der Waals surface area contributed by atoms with Crippen molar-refractivity contribution in [2.75, 3.05) is 6.54 Å². The summed E-state index contributed by atoms with van der Waals surface area (Å²) >= 11 is 0. The number of furan rings is 1. The first-order valence-corrected chi connectivity index (χ1v) is 6.81. The molecule has 1 aromatic heterocycles. The molecule has 2 aliphatic rings. The highest BCUT2D eigenvalue weighted by atomic mass is 16.3. The minimum atomic E-state index is 0.0100. The number of hydrogen-bond acceptors (Lipinski definition) is 3. The maximum Gasteiger partial charge on any atom is 0.251 e. The standard InChI is InChI=1S/C15H16N2O2/c18-15(17-13-7-12-5-11(13)8-16-12)10-2-1-9-3-4-19-14(9)6-10/h1-4,6,11-13,16H,5,7-8H2,(H,17,18)/t11-,12+,13-/m0/s1. The van der Waals surface area contributed by atoms with Crippen molar-refractivity contribution in [2.24, 2.45) is 5.92 Å². The van der Waals surface area contributed by atoms with Gasteiger partial charge in [0.15, 0.2) is 0 Å². The Balaban J connectivity index is 1.53. The molecule has 0 spiro atoms. The molecule has 2 heterocycles. The Kier molecular flexibility index (Phi) is 2.38. The summed E-state index contributed by atoms with van der Waals surface area (Å²) in [6.07, 6.45) is 3.90. The van der Waals surface area contributed by atoms with E-state index < -0.39 is 0 Å². The minimum Gasteiger partial charge on any atom is -0.464 e. The highest BCUT2D eigenvalue weighted by Gasteiger charge is 2.40. The molecular formula is C15H16N2O2. The summed E-state index contributed by atoms with van der Waals surface area (Å²) in [5, 5.41) is 7.64. The van der Waals surface area contributed by atoms with E-state index in [1.54, 1.807) is 6.26 Å². The molecule has 3 atom stereocenters. The Morgan fingerprint density at radius 2 is 2.26 bits per heavy atom. The Labute approximate surface area is 111 Å². The third-order valence-corrected chi connectivity index (χ3v) is 4.40. The number of benzene rings is 1. The number of hydrogen-bond donors (Lipinski definition) is 2. The van der Waals surface area contributed by atoms with Gasteiger partial charge >= 0.3 is 0 Å². The summed E-state index contributed by atoms with van der Waals surface area (Å²) in [5.74, 6) is 0.608. The molecule has 2 N–H and O–H groups in total. The molecule has 4 heteroatoms. The number of piperidine rings is 1. The van der Waals surface area contributed by atoms with Crippen LogP contribution in [0, 0.1) is 5.92 Å². The largest absolute Gasteiger partial charge is 0.464 e. The molecule has 1 saturated carbocycles. The smallest absolute Gasteiger partial charge is 0.251 e. The van der Waals surface area contributed by atoms with E-state index in [9.17, 15) is 4.79 Å². The van der Waals surface area contributed by atoms with Crippen LogP contribution in [0.1, 0.15) is 23.2 Å². The lowest BCUT2D eigenvalue weighted by molar-refractivity contribution is 0.0925. The van der Waals surface area contributed by atoms with Gasteiger partial charge in [-0.3, -0.25) is 4.79 Å². The lowest BCUT2D eigenvalue weighted by Gasteiger charge is -2.23. The molecule has 1 aromatic carbocycles. The van der Waals surface area contributed by atoms with Crippen LogP contribution < -0.4 is 10.6 Å². The van der Waals surface area contributed by atoms with E-state index >= 15 is 0 Å². The number of carbonyl (C=O) groups excluding carboxylic acids is 1. The van der Waals surface area contributed by atoms with Crippen molar-refractivity contribution in [3.8, 4) is 0 Å². The molecule has 2 bridgehead atoms. The van der Waals surface area contributed by atoms with E-state index in [1.807, 2.05) is 24.3 Å². The maximum atomic E-state index is 12.3. The molecule has 0 radical (unpaired) electrons. The first-order valence-electron chi connectivity index (χ1n) is 6.81. The Morgan fingerprint density at radius 1 is 1.32 bits per heavy atom. The van der Waals surface area contributed by atoms with Crippen molar-refractivity contribution in [1.82, 2.24) is 10.6 Å². The topological polar surface area (TPSA) is 54.3 Å². The van der Waals surface area contributed by atoms with Crippen molar-refractivity contribution in [2.45, 2.75) is 24.9 Å². The fourth-order valence-corrected chi connectivity index (χ4v) is 3.36. The first-order chi connectivity index (χ1) is 9.29. The van der Waals surface area contributed by atoms with Gasteiger partial charge in [-0.2, -0.15) is 0 Å². The van der Waals surface area contributed by atoms with Crippen LogP contribution in [0.15, 0.2) is 34.9 Å². The van der Waals surface area contributed by atoms with E-state index in [-0.39, 0.29) is 5.91 Å². The summed E-state index contributed by atoms with van der Waals surface area (Å²) in [6.45, 7) is 1.03. The quantitative estimate of drug-likeness (QED) is 0.863. The van der Waals surface area contributed by atoms with Crippen molar-refractivity contribution in [1.29, 1.82) is 0 Å². The van der Waals surface area contributed by atoms with Crippen LogP contribution in [-0.2, 0) is 0 Å². The van der Waals surface area contributed by atoms with E-state index in [1.165, 1.54) is 6.42 Å². The number of fused-ring (bicyclic) bond motifs is 3. The Bertz CT molecular complexity index is 634. The van der Waals surface area contributed by atoms with Crippen molar-refractivity contribution in [3.63, 3.8) is 0 Å². The fourth-order valence-electron chi connectivity index (χ4n) is 3.36. The second-order valence-electron chi connectivity index (χ2n) is 5.59. The second kappa shape index (κ2) is 4.10. The van der Waals surface area contributed by atoms with Gasteiger partial charge in [-0.05, 0) is 37.0 Å². The van der Waals surface area contributed by atoms with Gasteiger partial charge in [-0.15, -0.1) is 0 Å². The molecule has 1 saturated heterocycles. The van der Waals surface area contributed by atoms with Gasteiger partial charge < -0.3 is 15.1 Å². The lowest BCUT2D eigenvalue weighted by Crippen LogP contribution is -2.44. The number of rotatable bonds is 2. The molecule has 2 fully saturated rings. The monoisotopic (exact) mass is 256 g/mol. The zero-order chi connectivity index (χ0) is 12.8. The number of carbonyl (C=O) groups is 1. The van der Waals surface area contributed by atoms with Gasteiger partial charge in [0.25, 0.3) is 5.91 Å². The number of nitrogens with one attached hydrogen (secondary N) is 2. The van der Waals surface area contributed by atoms with Gasteiger partial charge in [0.2, 0.25) is 0 Å². The minimum absolute atomic E-state index is 0.0100. The van der Waals surface area contributed by atoms with Crippen LogP contribution in [0.25, 0.3) is 11.0 Å². The zero-order valence-electron chi connectivity index (χ0n) is 10.6. The SMILES string of the molecule is O=C(N[C@H]1C[C@H]2C[C@H]1CN2)c1ccc2ccoc2c1. The van der Waals surface area contributed by atoms with Gasteiger partial charge in [0, 0.05) is 29.6 Å². The summed E-state index contributed by atoms with van der Waals surface area (Å²) in [4.78, 5) is 12.3. The maximum absolute atomic E-state index is 12.3. The van der Waals surface area contributed by atoms with Crippen LogP contribution in [0.3, 0.4) is 0 Å². The highest BCUT2D eigenvalue weighted by molar-refractivity contribution is 5.97. The summed E-state index contributed by atoms with van der Waals surface area (Å²) in [7, 11) is 0. The van der Waals surface area contributed by atoms with E-state index in [0.29, 0.717) is 23.6 Å². The predicted molar refractivity (Wildman–Crippen MR) is 72.0 cm³/mol. The van der Waals surface area contributed by atoms with E-state index in [4.69, 9.17) is 4.42 Å². The predicted octanol–water partition coefficient (Wildman–Crippen LogP) is 1.91. The summed E-state index contributed by atoms with van der Waals surface area (Å²) in [5.41, 5.74) is 1.44. The first kappa shape index (κ1) is 11.1. The molecule has 98 valence electrons. The van der Waals surface area contributed by atoms with Crippen LogP contribution in [0.2, 0.25) is 0 Å². The molecule has 1 aliphatic heterocycles. The van der Waals surface area contributed by atoms with Gasteiger partial charge in [-0.25, -0.2) is 0 Å². The van der Waals surface area contributed by atoms with Crippen LogP contribution in [0.4, 0.5) is 0 Å². The van der Waals surface area contributed by atoms with Gasteiger partial charge in [-0.1, -0.05) is 6.07 Å². The molecule has 2 aromatic rings. The van der Waals surface area contributed by atoms with E-state index in [2.05, 4.69) is 10.6 Å². The molecular weight excluding hydrogens is 240 g/mol. The molecule has 1 aliphatic carbocycles. The Morgan fingerprint density at radius 3 is 3.05 bits per heavy atom. The zero-order valence-corrected chi connectivity index (χ0v) is 10.6. The van der Waals surface area contributed by atoms with Crippen LogP contribution in [0.5, 0.6) is 0 Å².